The summed E-state index contributed by atoms with van der Waals surface area (Å²) in [4.78, 5) is 37.0. The molecule has 2 aromatic rings. The van der Waals surface area contributed by atoms with Crippen molar-refractivity contribution >= 4 is 40.0 Å². The average molecular weight is 487 g/mol. The Morgan fingerprint density at radius 1 is 1.00 bits per heavy atom. The maximum Gasteiger partial charge on any atom is 0.412 e. The fourth-order valence-electron chi connectivity index (χ4n) is 4.37. The number of amides is 2. The molecule has 0 bridgehead atoms. The van der Waals surface area contributed by atoms with Crippen molar-refractivity contribution in [3.8, 4) is 0 Å². The van der Waals surface area contributed by atoms with Crippen LogP contribution in [0.15, 0.2) is 24.3 Å². The number of benzene rings is 1. The molecule has 1 aliphatic carbocycles. The molecule has 1 aromatic heterocycles. The van der Waals surface area contributed by atoms with E-state index in [9.17, 15) is 14.4 Å². The van der Waals surface area contributed by atoms with Gasteiger partial charge in [0.2, 0.25) is 5.91 Å². The van der Waals surface area contributed by atoms with E-state index in [0.29, 0.717) is 16.3 Å². The van der Waals surface area contributed by atoms with E-state index in [0.717, 1.165) is 35.3 Å². The summed E-state index contributed by atoms with van der Waals surface area (Å²) < 4.78 is 5.53. The standard InChI is InChI=1S/C26H34N2O5S/c1-24(2,3)33-23(32)28-21-15(14-18(29)27-19-11-10-17(34-19)22(30)31)8-9-16-20(21)26(6,7)13-12-25(16,4)5/h8-11H,12-14H2,1-7H3,(H,27,29)(H,28,32)(H,30,31). The molecule has 0 unspecified atom stereocenters. The third-order valence-corrected chi connectivity index (χ3v) is 7.12. The van der Waals surface area contributed by atoms with Crippen LogP contribution < -0.4 is 10.6 Å². The van der Waals surface area contributed by atoms with Gasteiger partial charge in [0.05, 0.1) is 17.1 Å². The fourth-order valence-corrected chi connectivity index (χ4v) is 5.13. The third kappa shape index (κ3) is 5.78. The molecule has 7 nitrogen and oxygen atoms in total. The highest BCUT2D eigenvalue weighted by atomic mass is 32.1. The number of thiophene rings is 1. The maximum absolute atomic E-state index is 12.9. The van der Waals surface area contributed by atoms with Gasteiger partial charge in [0.15, 0.2) is 0 Å². The van der Waals surface area contributed by atoms with Gasteiger partial charge in [-0.05, 0) is 73.3 Å². The lowest BCUT2D eigenvalue weighted by Crippen LogP contribution is -2.36. The van der Waals surface area contributed by atoms with Gasteiger partial charge >= 0.3 is 12.1 Å². The third-order valence-electron chi connectivity index (χ3n) is 6.13. The molecule has 0 spiro atoms. The highest BCUT2D eigenvalue weighted by molar-refractivity contribution is 7.18. The molecule has 1 heterocycles. The normalized spacial score (nSPS) is 16.3. The first-order valence-corrected chi connectivity index (χ1v) is 12.2. The predicted octanol–water partition coefficient (Wildman–Crippen LogP) is 6.32. The first kappa shape index (κ1) is 25.7. The topological polar surface area (TPSA) is 105 Å². The molecular weight excluding hydrogens is 452 g/mol. The van der Waals surface area contributed by atoms with Crippen LogP contribution in [0.5, 0.6) is 0 Å². The Morgan fingerprint density at radius 2 is 1.65 bits per heavy atom. The van der Waals surface area contributed by atoms with E-state index < -0.39 is 17.7 Å². The van der Waals surface area contributed by atoms with Gasteiger partial charge in [-0.3, -0.25) is 10.1 Å². The number of carbonyl (C=O) groups excluding carboxylic acids is 2. The van der Waals surface area contributed by atoms with Crippen molar-refractivity contribution in [3.05, 3.63) is 45.8 Å². The summed E-state index contributed by atoms with van der Waals surface area (Å²) in [6.07, 6.45) is 1.42. The Balaban J connectivity index is 1.99. The number of hydrogen-bond acceptors (Lipinski definition) is 5. The molecule has 0 saturated heterocycles. The molecule has 3 N–H and O–H groups in total. The van der Waals surface area contributed by atoms with Crippen LogP contribution in [0.1, 0.15) is 87.7 Å². The molecule has 1 aromatic carbocycles. The van der Waals surface area contributed by atoms with E-state index in [-0.39, 0.29) is 28.0 Å². The number of carboxylic acid groups (broad SMARTS) is 1. The van der Waals surface area contributed by atoms with Crippen molar-refractivity contribution in [1.82, 2.24) is 0 Å². The van der Waals surface area contributed by atoms with Gasteiger partial charge in [-0.2, -0.15) is 0 Å². The lowest BCUT2D eigenvalue weighted by molar-refractivity contribution is -0.115. The van der Waals surface area contributed by atoms with Crippen LogP contribution >= 0.6 is 11.3 Å². The monoisotopic (exact) mass is 486 g/mol. The lowest BCUT2D eigenvalue weighted by atomic mass is 9.62. The quantitative estimate of drug-likeness (QED) is 0.458. The minimum Gasteiger partial charge on any atom is -0.477 e. The fraction of sp³-hybridized carbons (Fsp3) is 0.500. The number of rotatable bonds is 5. The number of ether oxygens (including phenoxy) is 1. The van der Waals surface area contributed by atoms with Gasteiger partial charge in [-0.15, -0.1) is 11.3 Å². The summed E-state index contributed by atoms with van der Waals surface area (Å²) in [7, 11) is 0. The van der Waals surface area contributed by atoms with Crippen molar-refractivity contribution in [2.75, 3.05) is 10.6 Å². The molecular formula is C26H34N2O5S. The van der Waals surface area contributed by atoms with Crippen molar-refractivity contribution in [2.24, 2.45) is 0 Å². The zero-order valence-electron chi connectivity index (χ0n) is 20.9. The molecule has 34 heavy (non-hydrogen) atoms. The molecule has 1 aliphatic rings. The van der Waals surface area contributed by atoms with E-state index >= 15 is 0 Å². The van der Waals surface area contributed by atoms with Crippen LogP contribution in [0.4, 0.5) is 15.5 Å². The molecule has 0 aliphatic heterocycles. The summed E-state index contributed by atoms with van der Waals surface area (Å²) in [5.41, 5.74) is 2.56. The van der Waals surface area contributed by atoms with Crippen molar-refractivity contribution in [1.29, 1.82) is 0 Å². The lowest BCUT2D eigenvalue weighted by Gasteiger charge is -2.43. The Morgan fingerprint density at radius 3 is 2.24 bits per heavy atom. The molecule has 0 saturated carbocycles. The molecule has 2 amide bonds. The van der Waals surface area contributed by atoms with E-state index in [1.54, 1.807) is 26.8 Å². The Hall–Kier alpha value is -2.87. The zero-order chi connectivity index (χ0) is 25.5. The Bertz CT molecular complexity index is 1120. The van der Waals surface area contributed by atoms with Crippen LogP contribution in [0.25, 0.3) is 0 Å². The van der Waals surface area contributed by atoms with Gasteiger partial charge in [0.25, 0.3) is 0 Å². The van der Waals surface area contributed by atoms with Crippen molar-refractivity contribution in [3.63, 3.8) is 0 Å². The maximum atomic E-state index is 12.9. The minimum absolute atomic E-state index is 0.0230. The number of carboxylic acids is 1. The van der Waals surface area contributed by atoms with E-state index in [1.807, 2.05) is 6.07 Å². The molecule has 8 heteroatoms. The van der Waals surface area contributed by atoms with Crippen LogP contribution in [0.3, 0.4) is 0 Å². The number of aromatic carboxylic acids is 1. The highest BCUT2D eigenvalue weighted by Crippen LogP contribution is 2.49. The second-order valence-electron chi connectivity index (χ2n) is 11.1. The smallest absolute Gasteiger partial charge is 0.412 e. The highest BCUT2D eigenvalue weighted by Gasteiger charge is 2.40. The Kier molecular flexibility index (Phi) is 6.86. The van der Waals surface area contributed by atoms with Gasteiger partial charge in [0, 0.05) is 0 Å². The SMILES string of the molecule is CC(C)(C)OC(=O)Nc1c(CC(=O)Nc2ccc(C(=O)O)s2)ccc2c1C(C)(C)CCC2(C)C. The molecule has 0 atom stereocenters. The summed E-state index contributed by atoms with van der Waals surface area (Å²) in [6.45, 7) is 14.1. The molecule has 184 valence electrons. The molecule has 0 fully saturated rings. The first-order chi connectivity index (χ1) is 15.6. The molecule has 3 rings (SSSR count). The van der Waals surface area contributed by atoms with E-state index in [2.05, 4.69) is 44.4 Å². The summed E-state index contributed by atoms with van der Waals surface area (Å²) >= 11 is 1.00. The number of hydrogen-bond donors (Lipinski definition) is 3. The van der Waals surface area contributed by atoms with Gasteiger partial charge in [-0.1, -0.05) is 39.8 Å². The number of fused-ring (bicyclic) bond motifs is 1. The summed E-state index contributed by atoms with van der Waals surface area (Å²) in [5, 5.41) is 15.3. The van der Waals surface area contributed by atoms with Crippen molar-refractivity contribution < 1.29 is 24.2 Å². The van der Waals surface area contributed by atoms with E-state index in [4.69, 9.17) is 9.84 Å². The number of anilines is 2. The largest absolute Gasteiger partial charge is 0.477 e. The van der Waals surface area contributed by atoms with Gasteiger partial charge in [-0.25, -0.2) is 9.59 Å². The minimum atomic E-state index is -1.03. The number of nitrogens with one attached hydrogen (secondary N) is 2. The second kappa shape index (κ2) is 9.06. The predicted molar refractivity (Wildman–Crippen MR) is 135 cm³/mol. The van der Waals surface area contributed by atoms with Crippen LogP contribution in [-0.2, 0) is 26.8 Å². The van der Waals surface area contributed by atoms with E-state index in [1.165, 1.54) is 6.07 Å². The summed E-state index contributed by atoms with van der Waals surface area (Å²) in [6, 6.07) is 6.99. The van der Waals surface area contributed by atoms with Crippen LogP contribution in [-0.4, -0.2) is 28.7 Å². The summed E-state index contributed by atoms with van der Waals surface area (Å²) in [5.74, 6) is -1.33. The van der Waals surface area contributed by atoms with Crippen LogP contribution in [0.2, 0.25) is 0 Å². The zero-order valence-corrected chi connectivity index (χ0v) is 21.7. The first-order valence-electron chi connectivity index (χ1n) is 11.4. The van der Waals surface area contributed by atoms with Gasteiger partial charge < -0.3 is 15.2 Å². The van der Waals surface area contributed by atoms with Gasteiger partial charge in [0.1, 0.15) is 10.5 Å². The van der Waals surface area contributed by atoms with Crippen LogP contribution in [0, 0.1) is 0 Å². The Labute approximate surface area is 204 Å². The van der Waals surface area contributed by atoms with Crippen molar-refractivity contribution in [2.45, 2.75) is 84.2 Å². The number of carbonyl (C=O) groups is 3. The molecule has 0 radical (unpaired) electrons. The average Bonchev–Trinajstić information content (AvgIpc) is 3.13. The second-order valence-corrected chi connectivity index (χ2v) is 12.2.